The maximum absolute atomic E-state index is 11.6. The van der Waals surface area contributed by atoms with Crippen LogP contribution in [0.2, 0.25) is 0 Å². The summed E-state index contributed by atoms with van der Waals surface area (Å²) in [4.78, 5) is 24.8. The van der Waals surface area contributed by atoms with Gasteiger partial charge in [-0.05, 0) is 43.7 Å². The first-order chi connectivity index (χ1) is 10.1. The van der Waals surface area contributed by atoms with Crippen molar-refractivity contribution in [3.05, 3.63) is 24.0 Å². The molecule has 0 saturated carbocycles. The molecule has 1 aliphatic rings. The normalized spacial score (nSPS) is 16.0. The van der Waals surface area contributed by atoms with Crippen molar-refractivity contribution in [3.63, 3.8) is 0 Å². The van der Waals surface area contributed by atoms with Gasteiger partial charge < -0.3 is 14.2 Å². The number of aromatic nitrogens is 1. The van der Waals surface area contributed by atoms with Gasteiger partial charge in [-0.15, -0.1) is 0 Å². The maximum atomic E-state index is 11.6. The second-order valence-electron chi connectivity index (χ2n) is 5.67. The lowest BCUT2D eigenvalue weighted by molar-refractivity contribution is -0.130. The number of nitrogens with zero attached hydrogens (tertiary/aromatic N) is 2. The minimum atomic E-state index is -0.283. The molecule has 1 amide bonds. The number of hydrogen-bond acceptors (Lipinski definition) is 3. The highest BCUT2D eigenvalue weighted by Crippen LogP contribution is 2.22. The Morgan fingerprint density at radius 3 is 2.67 bits per heavy atom. The summed E-state index contributed by atoms with van der Waals surface area (Å²) in [6.07, 6.45) is 6.29. The number of esters is 1. The quantitative estimate of drug-likeness (QED) is 0.783. The molecule has 1 saturated heterocycles. The molecular weight excluding hydrogens is 268 g/mol. The van der Waals surface area contributed by atoms with Gasteiger partial charge in [0.05, 0.1) is 7.11 Å². The molecule has 0 aliphatic carbocycles. The number of aryl methyl sites for hydroxylation is 1. The second-order valence-corrected chi connectivity index (χ2v) is 5.67. The van der Waals surface area contributed by atoms with Crippen LogP contribution < -0.4 is 0 Å². The van der Waals surface area contributed by atoms with Crippen LogP contribution in [0.5, 0.6) is 0 Å². The monoisotopic (exact) mass is 292 g/mol. The molecule has 2 heterocycles. The highest BCUT2D eigenvalue weighted by molar-refractivity contribution is 5.87. The molecule has 2 rings (SSSR count). The fourth-order valence-corrected chi connectivity index (χ4v) is 2.99. The first kappa shape index (κ1) is 15.6. The number of amides is 1. The van der Waals surface area contributed by atoms with E-state index in [0.29, 0.717) is 11.6 Å². The van der Waals surface area contributed by atoms with Gasteiger partial charge in [0.1, 0.15) is 5.69 Å². The van der Waals surface area contributed by atoms with Gasteiger partial charge >= 0.3 is 5.97 Å². The molecule has 5 nitrogen and oxygen atoms in total. The molecule has 1 aromatic rings. The fourth-order valence-electron chi connectivity index (χ4n) is 2.99. The largest absolute Gasteiger partial charge is 0.464 e. The number of carbonyl (C=O) groups is 2. The fraction of sp³-hybridized carbons (Fsp3) is 0.625. The lowest BCUT2D eigenvalue weighted by Crippen LogP contribution is -2.37. The van der Waals surface area contributed by atoms with E-state index in [0.717, 1.165) is 45.3 Å². The van der Waals surface area contributed by atoms with Gasteiger partial charge in [0.2, 0.25) is 5.91 Å². The van der Waals surface area contributed by atoms with Crippen molar-refractivity contribution < 1.29 is 14.3 Å². The average Bonchev–Trinajstić information content (AvgIpc) is 2.95. The zero-order valence-electron chi connectivity index (χ0n) is 12.9. The average molecular weight is 292 g/mol. The molecule has 1 aromatic heterocycles. The zero-order valence-corrected chi connectivity index (χ0v) is 12.9. The molecular formula is C16H24N2O3. The van der Waals surface area contributed by atoms with E-state index in [-0.39, 0.29) is 11.9 Å². The highest BCUT2D eigenvalue weighted by atomic mass is 16.5. The van der Waals surface area contributed by atoms with E-state index in [1.54, 1.807) is 13.0 Å². The van der Waals surface area contributed by atoms with Crippen molar-refractivity contribution in [2.45, 2.75) is 39.2 Å². The third-order valence-corrected chi connectivity index (χ3v) is 4.30. The van der Waals surface area contributed by atoms with E-state index in [2.05, 4.69) is 0 Å². The minimum Gasteiger partial charge on any atom is -0.464 e. The summed E-state index contributed by atoms with van der Waals surface area (Å²) in [5, 5.41) is 0. The number of piperidine rings is 1. The third-order valence-electron chi connectivity index (χ3n) is 4.30. The number of hydrogen-bond donors (Lipinski definition) is 0. The molecule has 0 aromatic carbocycles. The molecule has 0 atom stereocenters. The Morgan fingerprint density at radius 1 is 1.33 bits per heavy atom. The molecule has 0 bridgehead atoms. The van der Waals surface area contributed by atoms with Crippen LogP contribution in [0.3, 0.4) is 0 Å². The van der Waals surface area contributed by atoms with Crippen LogP contribution >= 0.6 is 0 Å². The van der Waals surface area contributed by atoms with Gasteiger partial charge in [-0.2, -0.15) is 0 Å². The number of likely N-dealkylation sites (tertiary alicyclic amines) is 1. The highest BCUT2D eigenvalue weighted by Gasteiger charge is 2.20. The van der Waals surface area contributed by atoms with Crippen molar-refractivity contribution in [2.75, 3.05) is 20.2 Å². The lowest BCUT2D eigenvalue weighted by Gasteiger charge is -2.31. The summed E-state index contributed by atoms with van der Waals surface area (Å²) in [7, 11) is 1.41. The van der Waals surface area contributed by atoms with Gasteiger partial charge in [-0.3, -0.25) is 4.79 Å². The third kappa shape index (κ3) is 4.09. The summed E-state index contributed by atoms with van der Waals surface area (Å²) >= 11 is 0. The standard InChI is InChI=1S/C16H24N2O3/c1-13(19)17-11-7-14(8-12-17)5-3-9-18-10-4-6-15(18)16(20)21-2/h4,6,10,14H,3,5,7-9,11-12H2,1-2H3. The molecule has 1 aliphatic heterocycles. The molecule has 0 N–H and O–H groups in total. The van der Waals surface area contributed by atoms with Crippen molar-refractivity contribution in [2.24, 2.45) is 5.92 Å². The van der Waals surface area contributed by atoms with Crippen molar-refractivity contribution in [1.29, 1.82) is 0 Å². The predicted molar refractivity (Wildman–Crippen MR) is 80.0 cm³/mol. The van der Waals surface area contributed by atoms with Gasteiger partial charge in [-0.1, -0.05) is 0 Å². The smallest absolute Gasteiger partial charge is 0.354 e. The Balaban J connectivity index is 1.74. The predicted octanol–water partition coefficient (Wildman–Crippen LogP) is 2.31. The topological polar surface area (TPSA) is 51.5 Å². The lowest BCUT2D eigenvalue weighted by atomic mass is 9.92. The molecule has 5 heteroatoms. The Hall–Kier alpha value is -1.78. The van der Waals surface area contributed by atoms with E-state index < -0.39 is 0 Å². The Kier molecular flexibility index (Phi) is 5.42. The Bertz CT molecular complexity index is 487. The minimum absolute atomic E-state index is 0.184. The van der Waals surface area contributed by atoms with Crippen LogP contribution in [-0.2, 0) is 16.1 Å². The van der Waals surface area contributed by atoms with Crippen molar-refractivity contribution in [1.82, 2.24) is 9.47 Å². The molecule has 0 radical (unpaired) electrons. The summed E-state index contributed by atoms with van der Waals surface area (Å²) in [5.41, 5.74) is 0.615. The van der Waals surface area contributed by atoms with Gasteiger partial charge in [0.25, 0.3) is 0 Å². The molecule has 0 unspecified atom stereocenters. The van der Waals surface area contributed by atoms with Crippen LogP contribution in [0.25, 0.3) is 0 Å². The van der Waals surface area contributed by atoms with E-state index in [1.807, 2.05) is 21.7 Å². The van der Waals surface area contributed by atoms with E-state index in [1.165, 1.54) is 7.11 Å². The molecule has 0 spiro atoms. The summed E-state index contributed by atoms with van der Waals surface area (Å²) < 4.78 is 6.72. The first-order valence-electron chi connectivity index (χ1n) is 7.60. The second kappa shape index (κ2) is 7.29. The van der Waals surface area contributed by atoms with E-state index >= 15 is 0 Å². The zero-order chi connectivity index (χ0) is 15.2. The van der Waals surface area contributed by atoms with Crippen LogP contribution in [0.4, 0.5) is 0 Å². The summed E-state index contributed by atoms with van der Waals surface area (Å²) in [6, 6.07) is 3.66. The van der Waals surface area contributed by atoms with Crippen LogP contribution in [0, 0.1) is 5.92 Å². The van der Waals surface area contributed by atoms with Gasteiger partial charge in [0.15, 0.2) is 0 Å². The maximum Gasteiger partial charge on any atom is 0.354 e. The van der Waals surface area contributed by atoms with Gasteiger partial charge in [0, 0.05) is 32.8 Å². The number of ether oxygens (including phenoxy) is 1. The summed E-state index contributed by atoms with van der Waals surface area (Å²) in [6.45, 7) is 4.25. The Morgan fingerprint density at radius 2 is 2.05 bits per heavy atom. The van der Waals surface area contributed by atoms with Crippen LogP contribution in [0.15, 0.2) is 18.3 Å². The van der Waals surface area contributed by atoms with Crippen molar-refractivity contribution in [3.8, 4) is 0 Å². The molecule has 1 fully saturated rings. The molecule has 116 valence electrons. The van der Waals surface area contributed by atoms with E-state index in [9.17, 15) is 9.59 Å². The number of methoxy groups -OCH3 is 1. The van der Waals surface area contributed by atoms with Gasteiger partial charge in [-0.25, -0.2) is 4.79 Å². The SMILES string of the molecule is COC(=O)c1cccn1CCCC1CCN(C(C)=O)CC1. The van der Waals surface area contributed by atoms with E-state index in [4.69, 9.17) is 4.74 Å². The van der Waals surface area contributed by atoms with Crippen LogP contribution in [0.1, 0.15) is 43.1 Å². The Labute approximate surface area is 125 Å². The van der Waals surface area contributed by atoms with Crippen molar-refractivity contribution >= 4 is 11.9 Å². The first-order valence-corrected chi connectivity index (χ1v) is 7.60. The number of carbonyl (C=O) groups excluding carboxylic acids is 2. The van der Waals surface area contributed by atoms with Crippen LogP contribution in [-0.4, -0.2) is 41.5 Å². The number of rotatable bonds is 5. The molecule has 21 heavy (non-hydrogen) atoms. The summed E-state index contributed by atoms with van der Waals surface area (Å²) in [5.74, 6) is 0.594.